The Morgan fingerprint density at radius 3 is 2.38 bits per heavy atom. The fraction of sp³-hybridized carbons (Fsp3) is 0.280. The van der Waals surface area contributed by atoms with E-state index in [1.165, 1.54) is 12.4 Å². The monoisotopic (exact) mass is 467 g/mol. The van der Waals surface area contributed by atoms with Gasteiger partial charge in [0.1, 0.15) is 12.1 Å². The van der Waals surface area contributed by atoms with Gasteiger partial charge in [0.15, 0.2) is 5.65 Å². The molecular formula is C25H24F3N5O. The number of aromatic nitrogens is 3. The van der Waals surface area contributed by atoms with E-state index in [2.05, 4.69) is 19.8 Å². The zero-order valence-electron chi connectivity index (χ0n) is 18.4. The van der Waals surface area contributed by atoms with Crippen molar-refractivity contribution >= 4 is 16.9 Å². The molecule has 1 aliphatic heterocycles. The van der Waals surface area contributed by atoms with E-state index in [1.807, 2.05) is 36.5 Å². The van der Waals surface area contributed by atoms with Gasteiger partial charge in [-0.3, -0.25) is 4.90 Å². The number of aliphatic hydroxyl groups is 1. The summed E-state index contributed by atoms with van der Waals surface area (Å²) >= 11 is 0. The van der Waals surface area contributed by atoms with Crippen molar-refractivity contribution in [1.82, 2.24) is 19.4 Å². The smallest absolute Gasteiger partial charge is 0.395 e. The number of aliphatic hydroxyl groups excluding tert-OH is 1. The van der Waals surface area contributed by atoms with Gasteiger partial charge < -0.3 is 14.6 Å². The lowest BCUT2D eigenvalue weighted by molar-refractivity contribution is -0.137. The Kier molecular flexibility index (Phi) is 5.97. The van der Waals surface area contributed by atoms with Crippen LogP contribution in [0.2, 0.25) is 0 Å². The van der Waals surface area contributed by atoms with E-state index < -0.39 is 11.7 Å². The predicted octanol–water partition coefficient (Wildman–Crippen LogP) is 4.22. The lowest BCUT2D eigenvalue weighted by Gasteiger charge is -2.35. The van der Waals surface area contributed by atoms with E-state index in [-0.39, 0.29) is 6.61 Å². The fourth-order valence-electron chi connectivity index (χ4n) is 4.48. The van der Waals surface area contributed by atoms with E-state index in [0.29, 0.717) is 17.9 Å². The van der Waals surface area contributed by atoms with Gasteiger partial charge >= 0.3 is 6.18 Å². The third-order valence-corrected chi connectivity index (χ3v) is 6.19. The number of nitrogens with zero attached hydrogens (tertiary/aromatic N) is 5. The predicted molar refractivity (Wildman–Crippen MR) is 125 cm³/mol. The molecule has 0 atom stereocenters. The molecule has 1 saturated heterocycles. The van der Waals surface area contributed by atoms with Crippen LogP contribution in [-0.4, -0.2) is 63.9 Å². The van der Waals surface area contributed by atoms with Crippen molar-refractivity contribution in [1.29, 1.82) is 0 Å². The second-order valence-electron chi connectivity index (χ2n) is 8.28. The maximum atomic E-state index is 13.4. The van der Waals surface area contributed by atoms with Gasteiger partial charge in [-0.1, -0.05) is 36.4 Å². The minimum atomic E-state index is -4.43. The highest BCUT2D eigenvalue weighted by atomic mass is 19.4. The van der Waals surface area contributed by atoms with Gasteiger partial charge in [-0.05, 0) is 23.8 Å². The Bertz CT molecular complexity index is 1280. The van der Waals surface area contributed by atoms with E-state index in [9.17, 15) is 18.3 Å². The minimum Gasteiger partial charge on any atom is -0.395 e. The first-order valence-corrected chi connectivity index (χ1v) is 11.1. The number of piperazine rings is 1. The molecule has 3 heterocycles. The average Bonchev–Trinajstić information content (AvgIpc) is 3.25. The maximum Gasteiger partial charge on any atom is 0.416 e. The summed E-state index contributed by atoms with van der Waals surface area (Å²) in [6.07, 6.45) is -1.12. The molecule has 0 radical (unpaired) electrons. The molecule has 1 fully saturated rings. The van der Waals surface area contributed by atoms with Gasteiger partial charge in [0.25, 0.3) is 0 Å². The number of halogens is 3. The van der Waals surface area contributed by atoms with Crippen LogP contribution in [0.5, 0.6) is 0 Å². The third kappa shape index (κ3) is 4.24. The molecule has 1 aliphatic rings. The molecule has 9 heteroatoms. The largest absolute Gasteiger partial charge is 0.416 e. The highest BCUT2D eigenvalue weighted by Crippen LogP contribution is 2.38. The Morgan fingerprint density at radius 1 is 0.912 bits per heavy atom. The van der Waals surface area contributed by atoms with Crippen LogP contribution in [0.15, 0.2) is 67.1 Å². The Labute approximate surface area is 194 Å². The van der Waals surface area contributed by atoms with Gasteiger partial charge in [-0.2, -0.15) is 13.2 Å². The first kappa shape index (κ1) is 22.4. The van der Waals surface area contributed by atoms with Crippen molar-refractivity contribution in [2.75, 3.05) is 44.2 Å². The van der Waals surface area contributed by atoms with Crippen LogP contribution in [0, 0.1) is 0 Å². The summed E-state index contributed by atoms with van der Waals surface area (Å²) < 4.78 is 41.9. The summed E-state index contributed by atoms with van der Waals surface area (Å²) in [6.45, 7) is 3.80. The van der Waals surface area contributed by atoms with Gasteiger partial charge in [-0.25, -0.2) is 9.97 Å². The lowest BCUT2D eigenvalue weighted by atomic mass is 10.1. The van der Waals surface area contributed by atoms with Gasteiger partial charge in [0, 0.05) is 50.2 Å². The number of hydrogen-bond acceptors (Lipinski definition) is 5. The summed E-state index contributed by atoms with van der Waals surface area (Å²) in [6, 6.07) is 15.0. The van der Waals surface area contributed by atoms with Crippen molar-refractivity contribution in [3.8, 4) is 16.8 Å². The van der Waals surface area contributed by atoms with Gasteiger partial charge in [0.2, 0.25) is 0 Å². The third-order valence-electron chi connectivity index (χ3n) is 6.19. The fourth-order valence-corrected chi connectivity index (χ4v) is 4.48. The first-order chi connectivity index (χ1) is 16.5. The van der Waals surface area contributed by atoms with Crippen LogP contribution in [0.25, 0.3) is 27.8 Å². The maximum absolute atomic E-state index is 13.4. The Morgan fingerprint density at radius 2 is 1.68 bits per heavy atom. The molecule has 2 aromatic heterocycles. The summed E-state index contributed by atoms with van der Waals surface area (Å²) in [4.78, 5) is 13.5. The van der Waals surface area contributed by atoms with Gasteiger partial charge in [0.05, 0.1) is 17.6 Å². The van der Waals surface area contributed by atoms with Crippen LogP contribution in [0.1, 0.15) is 5.56 Å². The van der Waals surface area contributed by atoms with E-state index in [1.54, 1.807) is 10.6 Å². The Hall–Kier alpha value is -3.43. The normalized spacial score (nSPS) is 15.2. The highest BCUT2D eigenvalue weighted by Gasteiger charge is 2.31. The molecule has 6 nitrogen and oxygen atoms in total. The highest BCUT2D eigenvalue weighted by molar-refractivity contribution is 6.02. The molecule has 0 bridgehead atoms. The van der Waals surface area contributed by atoms with Crippen LogP contribution in [0.3, 0.4) is 0 Å². The van der Waals surface area contributed by atoms with E-state index in [4.69, 9.17) is 0 Å². The minimum absolute atomic E-state index is 0.121. The van der Waals surface area contributed by atoms with Crippen molar-refractivity contribution in [3.05, 3.63) is 72.7 Å². The number of fused-ring (bicyclic) bond motifs is 1. The zero-order valence-corrected chi connectivity index (χ0v) is 18.4. The molecule has 0 amide bonds. The van der Waals surface area contributed by atoms with E-state index >= 15 is 0 Å². The van der Waals surface area contributed by atoms with Crippen LogP contribution >= 0.6 is 0 Å². The quantitative estimate of drug-likeness (QED) is 0.476. The molecule has 1 N–H and O–H groups in total. The van der Waals surface area contributed by atoms with Gasteiger partial charge in [-0.15, -0.1) is 0 Å². The summed E-state index contributed by atoms with van der Waals surface area (Å²) in [5, 5.41) is 10.0. The molecule has 0 saturated carbocycles. The number of hydrogen-bond donors (Lipinski definition) is 1. The lowest BCUT2D eigenvalue weighted by Crippen LogP contribution is -2.47. The van der Waals surface area contributed by atoms with E-state index in [0.717, 1.165) is 60.6 Å². The van der Waals surface area contributed by atoms with Crippen LogP contribution in [-0.2, 0) is 6.18 Å². The van der Waals surface area contributed by atoms with Crippen molar-refractivity contribution in [3.63, 3.8) is 0 Å². The van der Waals surface area contributed by atoms with Crippen molar-refractivity contribution in [2.24, 2.45) is 0 Å². The molecule has 2 aromatic carbocycles. The SMILES string of the molecule is OCCN1CCN(c2ncnc3c2c(-c2ccccc2)cn3-c2cccc(C(F)(F)F)c2)CC1. The standard InChI is InChI=1S/C25H24F3N5O/c26-25(27,28)19-7-4-8-20(15-19)33-16-21(18-5-2-1-3-6-18)22-23(29-17-30-24(22)33)32-11-9-31(10-12-32)13-14-34/h1-8,15-17,34H,9-14H2. The Balaban J connectivity index is 1.66. The molecule has 176 valence electrons. The molecule has 0 spiro atoms. The number of rotatable bonds is 5. The molecule has 5 rings (SSSR count). The van der Waals surface area contributed by atoms with Crippen LogP contribution < -0.4 is 4.90 Å². The summed E-state index contributed by atoms with van der Waals surface area (Å²) in [5.74, 6) is 0.762. The molecule has 0 unspecified atom stereocenters. The number of alkyl halides is 3. The first-order valence-electron chi connectivity index (χ1n) is 11.1. The number of β-amino-alcohol motifs (C(OH)–C–C–N with tert-alkyl or cyclic N) is 1. The molecule has 4 aromatic rings. The molecular weight excluding hydrogens is 443 g/mol. The average molecular weight is 467 g/mol. The molecule has 34 heavy (non-hydrogen) atoms. The second kappa shape index (κ2) is 9.08. The zero-order chi connectivity index (χ0) is 23.7. The topological polar surface area (TPSA) is 57.4 Å². The summed E-state index contributed by atoms with van der Waals surface area (Å²) in [7, 11) is 0. The summed E-state index contributed by atoms with van der Waals surface area (Å²) in [5.41, 5.74) is 2.04. The molecule has 0 aliphatic carbocycles. The number of benzene rings is 2. The van der Waals surface area contributed by atoms with Crippen molar-refractivity contribution in [2.45, 2.75) is 6.18 Å². The van der Waals surface area contributed by atoms with Crippen molar-refractivity contribution < 1.29 is 18.3 Å². The number of anilines is 1. The second-order valence-corrected chi connectivity index (χ2v) is 8.28. The van der Waals surface area contributed by atoms with Crippen LogP contribution in [0.4, 0.5) is 19.0 Å².